The zero-order valence-electron chi connectivity index (χ0n) is 19.5. The molecule has 4 N–H and O–H groups in total. The molecular weight excluding hydrogens is 488 g/mol. The largest absolute Gasteiger partial charge is 0.480 e. The first-order valence-electron chi connectivity index (χ1n) is 10.7. The normalized spacial score (nSPS) is 16.0. The van der Waals surface area contributed by atoms with E-state index in [0.29, 0.717) is 4.57 Å². The van der Waals surface area contributed by atoms with Crippen LogP contribution in [-0.4, -0.2) is 113 Å². The maximum absolute atomic E-state index is 12.7. The molecule has 16 heteroatoms. The van der Waals surface area contributed by atoms with Gasteiger partial charge in [-0.3, -0.25) is 33.0 Å². The molecule has 0 radical (unpaired) electrons. The van der Waals surface area contributed by atoms with Crippen LogP contribution >= 0.6 is 0 Å². The predicted octanol–water partition coefficient (Wildman–Crippen LogP) is -3.86. The summed E-state index contributed by atoms with van der Waals surface area (Å²) < 4.78 is 32.5. The zero-order chi connectivity index (χ0) is 26.3. The highest BCUT2D eigenvalue weighted by Gasteiger charge is 2.26. The Hall–Kier alpha value is -3.08. The van der Waals surface area contributed by atoms with E-state index in [1.165, 1.54) is 13.1 Å². The van der Waals surface area contributed by atoms with E-state index in [1.807, 2.05) is 17.3 Å². The van der Waals surface area contributed by atoms with Gasteiger partial charge < -0.3 is 20.6 Å². The summed E-state index contributed by atoms with van der Waals surface area (Å²) >= 11 is 0. The maximum Gasteiger partial charge on any atom is 0.331 e. The molecule has 2 rings (SSSR count). The molecular formula is C19H30N6O9S. The molecule has 1 saturated heterocycles. The van der Waals surface area contributed by atoms with Crippen LogP contribution in [0.15, 0.2) is 15.8 Å². The third-order valence-corrected chi connectivity index (χ3v) is 6.11. The van der Waals surface area contributed by atoms with Crippen molar-refractivity contribution in [2.75, 3.05) is 52.1 Å². The number of carboxylic acids is 1. The SMILES string of the molecule is Cc1cn(CCNC(=O)CN2CCN(C)CC2)c(=O)n(CC(=O)NC(CS(=O)(=O)O)C(=O)O)c1=O. The fourth-order valence-electron chi connectivity index (χ4n) is 3.45. The van der Waals surface area contributed by atoms with Crippen LogP contribution in [0.4, 0.5) is 0 Å². The van der Waals surface area contributed by atoms with Gasteiger partial charge in [-0.25, -0.2) is 9.59 Å². The van der Waals surface area contributed by atoms with Crippen molar-refractivity contribution in [3.05, 3.63) is 32.6 Å². The van der Waals surface area contributed by atoms with Crippen molar-refractivity contribution >= 4 is 27.9 Å². The Morgan fingerprint density at radius 2 is 1.71 bits per heavy atom. The lowest BCUT2D eigenvalue weighted by molar-refractivity contribution is -0.141. The van der Waals surface area contributed by atoms with Crippen molar-refractivity contribution in [1.82, 2.24) is 29.6 Å². The number of aryl methyl sites for hydroxylation is 1. The maximum atomic E-state index is 12.7. The molecule has 2 heterocycles. The van der Waals surface area contributed by atoms with Gasteiger partial charge in [-0.2, -0.15) is 8.42 Å². The summed E-state index contributed by atoms with van der Waals surface area (Å²) in [6, 6.07) is -1.98. The second-order valence-electron chi connectivity index (χ2n) is 8.32. The number of aliphatic carboxylic acids is 1. The van der Waals surface area contributed by atoms with Crippen LogP contribution in [-0.2, 0) is 37.6 Å². The van der Waals surface area contributed by atoms with Crippen molar-refractivity contribution in [3.8, 4) is 0 Å². The predicted molar refractivity (Wildman–Crippen MR) is 123 cm³/mol. The summed E-state index contributed by atoms with van der Waals surface area (Å²) in [5, 5.41) is 13.6. The summed E-state index contributed by atoms with van der Waals surface area (Å²) in [5.41, 5.74) is -1.54. The summed E-state index contributed by atoms with van der Waals surface area (Å²) in [5.74, 6) is -4.34. The number of nitrogens with one attached hydrogen (secondary N) is 2. The van der Waals surface area contributed by atoms with E-state index >= 15 is 0 Å². The Morgan fingerprint density at radius 1 is 1.09 bits per heavy atom. The number of piperazine rings is 1. The molecule has 0 bridgehead atoms. The summed E-state index contributed by atoms with van der Waals surface area (Å²) in [4.78, 5) is 64.9. The van der Waals surface area contributed by atoms with Gasteiger partial charge in [-0.1, -0.05) is 0 Å². The first-order valence-corrected chi connectivity index (χ1v) is 12.3. The lowest BCUT2D eigenvalue weighted by Crippen LogP contribution is -2.50. The number of amides is 2. The van der Waals surface area contributed by atoms with E-state index in [-0.39, 0.29) is 31.1 Å². The molecule has 15 nitrogen and oxygen atoms in total. The molecule has 1 unspecified atom stereocenters. The minimum absolute atomic E-state index is 0.0105. The number of carboxylic acid groups (broad SMARTS) is 1. The van der Waals surface area contributed by atoms with Crippen LogP contribution in [0, 0.1) is 6.92 Å². The van der Waals surface area contributed by atoms with E-state index < -0.39 is 51.6 Å². The van der Waals surface area contributed by atoms with Crippen LogP contribution in [0.5, 0.6) is 0 Å². The van der Waals surface area contributed by atoms with E-state index in [1.54, 1.807) is 0 Å². The van der Waals surface area contributed by atoms with Crippen LogP contribution in [0.1, 0.15) is 5.56 Å². The average molecular weight is 519 g/mol. The Morgan fingerprint density at radius 3 is 2.29 bits per heavy atom. The molecule has 196 valence electrons. The summed E-state index contributed by atoms with van der Waals surface area (Å²) in [7, 11) is -2.71. The van der Waals surface area contributed by atoms with Gasteiger partial charge in [-0.05, 0) is 14.0 Å². The van der Waals surface area contributed by atoms with Gasteiger partial charge in [0.15, 0.2) is 0 Å². The molecule has 0 aromatic carbocycles. The highest BCUT2D eigenvalue weighted by molar-refractivity contribution is 7.85. The van der Waals surface area contributed by atoms with Crippen LogP contribution in [0.2, 0.25) is 0 Å². The number of likely N-dealkylation sites (N-methyl/N-ethyl adjacent to an activating group) is 1. The Labute approximate surface area is 201 Å². The van der Waals surface area contributed by atoms with Crippen molar-refractivity contribution in [2.24, 2.45) is 0 Å². The van der Waals surface area contributed by atoms with Crippen molar-refractivity contribution < 1.29 is 32.5 Å². The molecule has 0 saturated carbocycles. The minimum Gasteiger partial charge on any atom is -0.480 e. The van der Waals surface area contributed by atoms with Gasteiger partial charge in [0.05, 0.1) is 6.54 Å². The van der Waals surface area contributed by atoms with Crippen LogP contribution < -0.4 is 21.9 Å². The smallest absolute Gasteiger partial charge is 0.331 e. The molecule has 2 amide bonds. The van der Waals surface area contributed by atoms with Crippen molar-refractivity contribution in [1.29, 1.82) is 0 Å². The molecule has 1 aliphatic heterocycles. The molecule has 1 fully saturated rings. The van der Waals surface area contributed by atoms with Gasteiger partial charge in [-0.15, -0.1) is 0 Å². The number of hydrogen-bond acceptors (Lipinski definition) is 9. The first-order chi connectivity index (χ1) is 16.3. The standard InChI is InChI=1S/C19H30N6O9S/c1-13-9-24(4-3-20-15(26)10-23-7-5-22(2)6-8-23)19(31)25(17(13)28)11-16(27)21-14(18(29)30)12-35(32,33)34/h9,14H,3-8,10-12H2,1-2H3,(H,20,26)(H,21,27)(H,29,30)(H,32,33,34). The Kier molecular flexibility index (Phi) is 9.70. The van der Waals surface area contributed by atoms with E-state index in [2.05, 4.69) is 10.2 Å². The van der Waals surface area contributed by atoms with Crippen LogP contribution in [0.3, 0.4) is 0 Å². The molecule has 0 spiro atoms. The van der Waals surface area contributed by atoms with Gasteiger partial charge in [0, 0.05) is 51.0 Å². The quantitative estimate of drug-likeness (QED) is 0.209. The molecule has 1 aromatic rings. The zero-order valence-corrected chi connectivity index (χ0v) is 20.3. The Bertz CT molecular complexity index is 1170. The molecule has 1 atom stereocenters. The topological polar surface area (TPSA) is 200 Å². The summed E-state index contributed by atoms with van der Waals surface area (Å²) in [6.45, 7) is 4.12. The second kappa shape index (κ2) is 12.1. The number of hydrogen-bond donors (Lipinski definition) is 4. The highest BCUT2D eigenvalue weighted by atomic mass is 32.2. The van der Waals surface area contributed by atoms with Crippen molar-refractivity contribution in [2.45, 2.75) is 26.1 Å². The highest BCUT2D eigenvalue weighted by Crippen LogP contribution is 1.98. The number of aromatic nitrogens is 2. The number of nitrogens with zero attached hydrogens (tertiary/aromatic N) is 4. The van der Waals surface area contributed by atoms with E-state index in [9.17, 15) is 32.4 Å². The number of carbonyl (C=O) groups is 3. The van der Waals surface area contributed by atoms with Gasteiger partial charge in [0.25, 0.3) is 15.7 Å². The van der Waals surface area contributed by atoms with Crippen molar-refractivity contribution in [3.63, 3.8) is 0 Å². The average Bonchev–Trinajstić information content (AvgIpc) is 2.75. The fraction of sp³-hybridized carbons (Fsp3) is 0.632. The van der Waals surface area contributed by atoms with Gasteiger partial charge in [0.2, 0.25) is 11.8 Å². The molecule has 1 aliphatic rings. The lowest BCUT2D eigenvalue weighted by Gasteiger charge is -2.31. The molecule has 35 heavy (non-hydrogen) atoms. The lowest BCUT2D eigenvalue weighted by atomic mass is 10.3. The van der Waals surface area contributed by atoms with E-state index in [4.69, 9.17) is 9.66 Å². The van der Waals surface area contributed by atoms with Gasteiger partial charge >= 0.3 is 11.7 Å². The van der Waals surface area contributed by atoms with Gasteiger partial charge in [0.1, 0.15) is 18.3 Å². The fourth-order valence-corrected chi connectivity index (χ4v) is 4.10. The third-order valence-electron chi connectivity index (χ3n) is 5.36. The van der Waals surface area contributed by atoms with E-state index in [0.717, 1.165) is 30.7 Å². The van der Waals surface area contributed by atoms with Crippen LogP contribution in [0.25, 0.3) is 0 Å². The first kappa shape index (κ1) is 28.2. The monoisotopic (exact) mass is 518 g/mol. The molecule has 1 aromatic heterocycles. The Balaban J connectivity index is 2.02. The second-order valence-corrected chi connectivity index (χ2v) is 9.81. The number of rotatable bonds is 11. The number of carbonyl (C=O) groups excluding carboxylic acids is 2. The molecule has 0 aliphatic carbocycles. The summed E-state index contributed by atoms with van der Waals surface area (Å²) in [6.07, 6.45) is 1.28. The third kappa shape index (κ3) is 8.89. The minimum atomic E-state index is -4.72.